The Bertz CT molecular complexity index is 853. The van der Waals surface area contributed by atoms with Crippen LogP contribution in [0.15, 0.2) is 35.6 Å². The molecule has 2 aliphatic heterocycles. The Morgan fingerprint density at radius 3 is 2.85 bits per heavy atom. The highest BCUT2D eigenvalue weighted by Gasteiger charge is 2.62. The fraction of sp³-hybridized carbons (Fsp3) is 0.545. The molecule has 4 heteroatoms. The summed E-state index contributed by atoms with van der Waals surface area (Å²) in [6, 6.07) is 4.84. The highest BCUT2D eigenvalue weighted by Crippen LogP contribution is 2.62. The summed E-state index contributed by atoms with van der Waals surface area (Å²) in [6.45, 7) is 2.40. The van der Waals surface area contributed by atoms with Crippen molar-refractivity contribution in [2.75, 3.05) is 27.3 Å². The lowest BCUT2D eigenvalue weighted by Crippen LogP contribution is -2.59. The van der Waals surface area contributed by atoms with Crippen molar-refractivity contribution < 1.29 is 14.2 Å². The van der Waals surface area contributed by atoms with Gasteiger partial charge in [0, 0.05) is 24.7 Å². The van der Waals surface area contributed by atoms with Crippen molar-refractivity contribution in [2.45, 2.75) is 43.2 Å². The van der Waals surface area contributed by atoms with Crippen molar-refractivity contribution in [2.24, 2.45) is 5.92 Å². The molecule has 26 heavy (non-hydrogen) atoms. The van der Waals surface area contributed by atoms with Crippen LogP contribution in [-0.4, -0.2) is 44.4 Å². The van der Waals surface area contributed by atoms with E-state index in [1.807, 2.05) is 0 Å². The van der Waals surface area contributed by atoms with Gasteiger partial charge in [-0.2, -0.15) is 0 Å². The molecule has 1 saturated heterocycles. The topological polar surface area (TPSA) is 30.9 Å². The molecule has 2 fully saturated rings. The zero-order chi connectivity index (χ0) is 17.5. The van der Waals surface area contributed by atoms with E-state index < -0.39 is 0 Å². The number of rotatable bonds is 4. The molecule has 136 valence electrons. The molecule has 1 saturated carbocycles. The number of benzene rings is 1. The molecule has 1 aromatic rings. The van der Waals surface area contributed by atoms with E-state index >= 15 is 0 Å². The lowest BCUT2D eigenvalue weighted by molar-refractivity contribution is 0.0624. The van der Waals surface area contributed by atoms with Gasteiger partial charge in [0.15, 0.2) is 17.6 Å². The minimum atomic E-state index is -0.0672. The number of allylic oxidation sites excluding steroid dienone is 2. The van der Waals surface area contributed by atoms with Crippen LogP contribution in [-0.2, 0) is 16.6 Å². The zero-order valence-electron chi connectivity index (χ0n) is 15.5. The maximum atomic E-state index is 6.56. The third kappa shape index (κ3) is 1.74. The predicted octanol–water partition coefficient (Wildman–Crippen LogP) is 3.20. The largest absolute Gasteiger partial charge is 0.497 e. The van der Waals surface area contributed by atoms with Gasteiger partial charge in [0.25, 0.3) is 0 Å². The Labute approximate surface area is 154 Å². The van der Waals surface area contributed by atoms with Crippen LogP contribution >= 0.6 is 0 Å². The molecular formula is C22H25NO3. The first-order valence-corrected chi connectivity index (χ1v) is 9.83. The van der Waals surface area contributed by atoms with Crippen molar-refractivity contribution in [3.63, 3.8) is 0 Å². The van der Waals surface area contributed by atoms with Gasteiger partial charge in [0.1, 0.15) is 5.76 Å². The Morgan fingerprint density at radius 1 is 1.19 bits per heavy atom. The highest BCUT2D eigenvalue weighted by molar-refractivity contribution is 5.67. The standard InChI is InChI=1S/C22H25NO3/c1-24-17-7-5-14-11-16-15-6-8-18(25-2)21-22(15,19(14)20(17)26-21)9-10-23(16)12-13-3-4-13/h5-8,13,16,21H,3-4,9-12H2,1-2H3/t16?,21?,22-/m1/s1. The average Bonchev–Trinajstić information content (AvgIpc) is 3.41. The van der Waals surface area contributed by atoms with Gasteiger partial charge in [-0.1, -0.05) is 12.1 Å². The van der Waals surface area contributed by atoms with E-state index in [0.717, 1.165) is 42.6 Å². The van der Waals surface area contributed by atoms with Crippen molar-refractivity contribution in [3.05, 3.63) is 46.7 Å². The van der Waals surface area contributed by atoms with Crippen molar-refractivity contribution >= 4 is 0 Å². The van der Waals surface area contributed by atoms with Crippen LogP contribution in [0.5, 0.6) is 11.5 Å². The lowest BCUT2D eigenvalue weighted by atomic mass is 9.57. The summed E-state index contributed by atoms with van der Waals surface area (Å²) >= 11 is 0. The van der Waals surface area contributed by atoms with E-state index in [1.165, 1.54) is 36.1 Å². The van der Waals surface area contributed by atoms with Gasteiger partial charge in [-0.05, 0) is 54.9 Å². The second kappa shape index (κ2) is 5.07. The zero-order valence-corrected chi connectivity index (χ0v) is 15.5. The smallest absolute Gasteiger partial charge is 0.169 e. The van der Waals surface area contributed by atoms with Gasteiger partial charge < -0.3 is 14.2 Å². The van der Waals surface area contributed by atoms with Gasteiger partial charge in [0.2, 0.25) is 0 Å². The van der Waals surface area contributed by atoms with E-state index in [1.54, 1.807) is 14.2 Å². The van der Waals surface area contributed by atoms with Crippen molar-refractivity contribution in [1.29, 1.82) is 0 Å². The molecule has 2 unspecified atom stereocenters. The normalized spacial score (nSPS) is 33.8. The Hall–Kier alpha value is -1.94. The summed E-state index contributed by atoms with van der Waals surface area (Å²) in [4.78, 5) is 2.74. The minimum absolute atomic E-state index is 0.0524. The predicted molar refractivity (Wildman–Crippen MR) is 98.7 cm³/mol. The van der Waals surface area contributed by atoms with E-state index in [0.29, 0.717) is 6.04 Å². The number of piperidine rings is 1. The van der Waals surface area contributed by atoms with E-state index in [-0.39, 0.29) is 11.5 Å². The van der Waals surface area contributed by atoms with Crippen LogP contribution in [0, 0.1) is 5.92 Å². The van der Waals surface area contributed by atoms with Crippen LogP contribution in [0.3, 0.4) is 0 Å². The first-order valence-electron chi connectivity index (χ1n) is 9.83. The maximum absolute atomic E-state index is 6.56. The van der Waals surface area contributed by atoms with Gasteiger partial charge in [-0.3, -0.25) is 4.90 Å². The monoisotopic (exact) mass is 351 g/mol. The molecule has 0 aromatic heterocycles. The number of hydrogen-bond donors (Lipinski definition) is 0. The fourth-order valence-electron chi connectivity index (χ4n) is 5.85. The molecule has 1 aromatic carbocycles. The molecule has 3 aliphatic carbocycles. The molecule has 0 radical (unpaired) electrons. The van der Waals surface area contributed by atoms with Crippen LogP contribution in [0.2, 0.25) is 0 Å². The Morgan fingerprint density at radius 2 is 2.08 bits per heavy atom. The summed E-state index contributed by atoms with van der Waals surface area (Å²) in [6.07, 6.45) is 9.41. The quantitative estimate of drug-likeness (QED) is 0.834. The summed E-state index contributed by atoms with van der Waals surface area (Å²) in [7, 11) is 3.49. The molecule has 0 N–H and O–H groups in total. The summed E-state index contributed by atoms with van der Waals surface area (Å²) in [5.74, 6) is 3.65. The van der Waals surface area contributed by atoms with Crippen LogP contribution in [0.25, 0.3) is 0 Å². The molecule has 2 heterocycles. The van der Waals surface area contributed by atoms with Gasteiger partial charge in [-0.25, -0.2) is 0 Å². The third-order valence-corrected chi connectivity index (χ3v) is 7.19. The maximum Gasteiger partial charge on any atom is 0.169 e. The number of likely N-dealkylation sites (tertiary alicyclic amines) is 1. The minimum Gasteiger partial charge on any atom is -0.497 e. The second-order valence-corrected chi connectivity index (χ2v) is 8.40. The highest BCUT2D eigenvalue weighted by atomic mass is 16.6. The lowest BCUT2D eigenvalue weighted by Gasteiger charge is -2.53. The Kier molecular flexibility index (Phi) is 2.95. The van der Waals surface area contributed by atoms with E-state index in [4.69, 9.17) is 14.2 Å². The first kappa shape index (κ1) is 15.2. The van der Waals surface area contributed by atoms with Gasteiger partial charge in [0.05, 0.1) is 19.6 Å². The molecule has 5 aliphatic rings. The summed E-state index contributed by atoms with van der Waals surface area (Å²) < 4.78 is 17.9. The van der Waals surface area contributed by atoms with Gasteiger partial charge in [-0.15, -0.1) is 0 Å². The summed E-state index contributed by atoms with van der Waals surface area (Å²) in [5.41, 5.74) is 4.28. The van der Waals surface area contributed by atoms with Crippen LogP contribution < -0.4 is 9.47 Å². The van der Waals surface area contributed by atoms with Crippen molar-refractivity contribution in [1.82, 2.24) is 4.90 Å². The van der Waals surface area contributed by atoms with Crippen molar-refractivity contribution in [3.8, 4) is 11.5 Å². The number of methoxy groups -OCH3 is 2. The number of nitrogens with zero attached hydrogens (tertiary/aromatic N) is 1. The van der Waals surface area contributed by atoms with Gasteiger partial charge >= 0.3 is 0 Å². The molecule has 6 rings (SSSR count). The average molecular weight is 351 g/mol. The molecule has 3 atom stereocenters. The van der Waals surface area contributed by atoms with E-state index in [9.17, 15) is 0 Å². The molecule has 4 nitrogen and oxygen atoms in total. The Balaban J connectivity index is 1.56. The number of hydrogen-bond acceptors (Lipinski definition) is 4. The van der Waals surface area contributed by atoms with Crippen LogP contribution in [0.4, 0.5) is 0 Å². The molecule has 0 amide bonds. The molecular weight excluding hydrogens is 326 g/mol. The second-order valence-electron chi connectivity index (χ2n) is 8.40. The van der Waals surface area contributed by atoms with E-state index in [2.05, 4.69) is 29.2 Å². The van der Waals surface area contributed by atoms with Crippen LogP contribution in [0.1, 0.15) is 30.4 Å². The summed E-state index contributed by atoms with van der Waals surface area (Å²) in [5, 5.41) is 0. The third-order valence-electron chi connectivity index (χ3n) is 7.19. The molecule has 2 bridgehead atoms. The number of ether oxygens (including phenoxy) is 3. The fourth-order valence-corrected chi connectivity index (χ4v) is 5.85. The SMILES string of the molecule is COC1=CC=C2C3Cc4ccc(OC)c5c4[C@]2(CCN3CC2CC2)C1O5. The molecule has 1 spiro atoms. The first-order chi connectivity index (χ1) is 12.8.